The van der Waals surface area contributed by atoms with Crippen molar-refractivity contribution in [3.63, 3.8) is 0 Å². The first-order valence-corrected chi connectivity index (χ1v) is 10.8. The Morgan fingerprint density at radius 3 is 1.74 bits per heavy atom. The van der Waals surface area contributed by atoms with Gasteiger partial charge in [-0.15, -0.1) is 6.42 Å². The second-order valence-corrected chi connectivity index (χ2v) is 8.45. The van der Waals surface area contributed by atoms with Crippen LogP contribution in [0.3, 0.4) is 0 Å². The van der Waals surface area contributed by atoms with Crippen LogP contribution in [0.2, 0.25) is 0 Å². The highest BCUT2D eigenvalue weighted by atomic mass is 16.3. The molecule has 0 saturated heterocycles. The largest absolute Gasteiger partial charge is 0.376 e. The van der Waals surface area contributed by atoms with Crippen LogP contribution in [0.25, 0.3) is 27.6 Å². The lowest BCUT2D eigenvalue weighted by molar-refractivity contribution is 0.141. The Balaban J connectivity index is 0.000000197. The molecule has 0 amide bonds. The zero-order valence-electron chi connectivity index (χ0n) is 20.0. The molecule has 4 aromatic carbocycles. The smallest absolute Gasteiger partial charge is 0.145 e. The monoisotopic (exact) mass is 444 g/mol. The molecule has 0 bridgehead atoms. The Bertz CT molecular complexity index is 1440. The van der Waals surface area contributed by atoms with Crippen LogP contribution in [0, 0.1) is 48.9 Å². The van der Waals surface area contributed by atoms with Gasteiger partial charge in [-0.25, -0.2) is 0 Å². The molecule has 3 nitrogen and oxygen atoms in total. The van der Waals surface area contributed by atoms with Gasteiger partial charge in [-0.1, -0.05) is 71.6 Å². The van der Waals surface area contributed by atoms with Crippen LogP contribution in [-0.4, -0.2) is 10.7 Å². The molecular formula is C31H28N2O. The fourth-order valence-electron chi connectivity index (χ4n) is 3.08. The summed E-state index contributed by atoms with van der Waals surface area (Å²) < 4.78 is 0. The summed E-state index contributed by atoms with van der Waals surface area (Å²) in [5, 5.41) is 29.7. The molecule has 34 heavy (non-hydrogen) atoms. The quantitative estimate of drug-likeness (QED) is 0.193. The molecule has 168 valence electrons. The minimum atomic E-state index is -1.15. The number of aliphatic hydroxyl groups is 1. The maximum atomic E-state index is 8.47. The Morgan fingerprint density at radius 2 is 1.24 bits per heavy atom. The van der Waals surface area contributed by atoms with E-state index in [1.807, 2.05) is 30.3 Å². The van der Waals surface area contributed by atoms with E-state index in [1.54, 1.807) is 6.07 Å². The van der Waals surface area contributed by atoms with Crippen LogP contribution in [0.1, 0.15) is 36.1 Å². The number of nitrogens with zero attached hydrogens (tertiary/aromatic N) is 2. The van der Waals surface area contributed by atoms with Crippen LogP contribution < -0.4 is 0 Å². The third kappa shape index (κ3) is 8.29. The van der Waals surface area contributed by atoms with Gasteiger partial charge in [0.05, 0.1) is 12.1 Å². The summed E-state index contributed by atoms with van der Waals surface area (Å²) >= 11 is 0. The Kier molecular flexibility index (Phi) is 9.17. The lowest BCUT2D eigenvalue weighted by Gasteiger charge is -2.00. The van der Waals surface area contributed by atoms with Crippen LogP contribution in [0.15, 0.2) is 78.9 Å². The number of hydrogen-bond donors (Lipinski definition) is 1. The van der Waals surface area contributed by atoms with Gasteiger partial charge in [-0.2, -0.15) is 10.5 Å². The number of nitriles is 2. The van der Waals surface area contributed by atoms with Crippen molar-refractivity contribution in [2.75, 3.05) is 0 Å². The maximum Gasteiger partial charge on any atom is 0.145 e. The molecule has 4 rings (SSSR count). The zero-order chi connectivity index (χ0) is 25.1. The first-order chi connectivity index (χ1) is 16.1. The van der Waals surface area contributed by atoms with Gasteiger partial charge < -0.3 is 5.11 Å². The SMILES string of the molecule is C#Cc1ccc2cc(C)ccc2c1.CC(C)(O)C#N.Cc1ccc2cc(/C=C/C#N)ccc2c1. The zero-order valence-corrected chi connectivity index (χ0v) is 20.0. The van der Waals surface area contributed by atoms with Crippen LogP contribution in [0.5, 0.6) is 0 Å². The summed E-state index contributed by atoms with van der Waals surface area (Å²) in [6, 6.07) is 28.6. The highest BCUT2D eigenvalue weighted by molar-refractivity contribution is 5.85. The van der Waals surface area contributed by atoms with Gasteiger partial charge in [-0.05, 0) is 79.1 Å². The fourth-order valence-corrected chi connectivity index (χ4v) is 3.08. The predicted octanol–water partition coefficient (Wildman–Crippen LogP) is 7.10. The molecule has 0 saturated carbocycles. The van der Waals surface area contributed by atoms with E-state index >= 15 is 0 Å². The fraction of sp³-hybridized carbons (Fsp3) is 0.161. The summed E-state index contributed by atoms with van der Waals surface area (Å²) in [5.74, 6) is 2.63. The van der Waals surface area contributed by atoms with Gasteiger partial charge >= 0.3 is 0 Å². The second kappa shape index (κ2) is 12.0. The second-order valence-electron chi connectivity index (χ2n) is 8.45. The highest BCUT2D eigenvalue weighted by Gasteiger charge is 2.07. The van der Waals surface area contributed by atoms with E-state index in [0.29, 0.717) is 0 Å². The van der Waals surface area contributed by atoms with E-state index in [2.05, 4.69) is 74.4 Å². The molecule has 0 radical (unpaired) electrons. The van der Waals surface area contributed by atoms with E-state index in [9.17, 15) is 0 Å². The summed E-state index contributed by atoms with van der Waals surface area (Å²) in [4.78, 5) is 0. The lowest BCUT2D eigenvalue weighted by atomic mass is 10.0. The van der Waals surface area contributed by atoms with Crippen molar-refractivity contribution < 1.29 is 5.11 Å². The lowest BCUT2D eigenvalue weighted by Crippen LogP contribution is -2.13. The van der Waals surface area contributed by atoms with Gasteiger partial charge in [-0.3, -0.25) is 0 Å². The van der Waals surface area contributed by atoms with E-state index < -0.39 is 5.60 Å². The molecule has 4 aromatic rings. The van der Waals surface area contributed by atoms with Gasteiger partial charge in [0.15, 0.2) is 0 Å². The van der Waals surface area contributed by atoms with Crippen LogP contribution in [-0.2, 0) is 0 Å². The minimum Gasteiger partial charge on any atom is -0.376 e. The average molecular weight is 445 g/mol. The van der Waals surface area contributed by atoms with Gasteiger partial charge in [0.1, 0.15) is 5.60 Å². The van der Waals surface area contributed by atoms with Crippen LogP contribution >= 0.6 is 0 Å². The summed E-state index contributed by atoms with van der Waals surface area (Å²) in [6.07, 6.45) is 8.63. The molecule has 0 aliphatic carbocycles. The molecule has 0 atom stereocenters. The van der Waals surface area contributed by atoms with Crippen LogP contribution in [0.4, 0.5) is 0 Å². The number of allylic oxidation sites excluding steroid dienone is 1. The molecule has 0 heterocycles. The van der Waals surface area contributed by atoms with Crippen molar-refractivity contribution in [3.05, 3.63) is 101 Å². The number of benzene rings is 4. The normalized spacial score (nSPS) is 10.3. The molecule has 0 aliphatic rings. The third-order valence-corrected chi connectivity index (χ3v) is 4.81. The van der Waals surface area contributed by atoms with E-state index in [-0.39, 0.29) is 0 Å². The van der Waals surface area contributed by atoms with Crippen molar-refractivity contribution in [1.29, 1.82) is 10.5 Å². The van der Waals surface area contributed by atoms with Crippen molar-refractivity contribution in [3.8, 4) is 24.5 Å². The summed E-state index contributed by atoms with van der Waals surface area (Å²) in [6.45, 7) is 7.05. The number of terminal acetylenes is 1. The van der Waals surface area contributed by atoms with Crippen molar-refractivity contribution in [2.45, 2.75) is 33.3 Å². The molecular weight excluding hydrogens is 416 g/mol. The van der Waals surface area contributed by atoms with E-state index in [1.165, 1.54) is 52.6 Å². The third-order valence-electron chi connectivity index (χ3n) is 4.81. The Morgan fingerprint density at radius 1 is 0.765 bits per heavy atom. The summed E-state index contributed by atoms with van der Waals surface area (Å²) in [5.41, 5.74) is 3.40. The predicted molar refractivity (Wildman–Crippen MR) is 142 cm³/mol. The van der Waals surface area contributed by atoms with Gasteiger partial charge in [0, 0.05) is 11.6 Å². The van der Waals surface area contributed by atoms with E-state index in [0.717, 1.165) is 11.1 Å². The maximum absolute atomic E-state index is 8.47. The molecule has 0 aromatic heterocycles. The number of rotatable bonds is 1. The number of fused-ring (bicyclic) bond motifs is 2. The highest BCUT2D eigenvalue weighted by Crippen LogP contribution is 2.18. The van der Waals surface area contributed by atoms with Gasteiger partial charge in [0.25, 0.3) is 0 Å². The van der Waals surface area contributed by atoms with Crippen molar-refractivity contribution in [2.24, 2.45) is 0 Å². The Labute approximate surface area is 202 Å². The average Bonchev–Trinajstić information content (AvgIpc) is 2.82. The topological polar surface area (TPSA) is 67.8 Å². The number of hydrogen-bond acceptors (Lipinski definition) is 3. The summed E-state index contributed by atoms with van der Waals surface area (Å²) in [7, 11) is 0. The first kappa shape index (κ1) is 25.9. The Hall–Kier alpha value is -4.36. The molecule has 0 unspecified atom stereocenters. The first-order valence-electron chi connectivity index (χ1n) is 10.8. The van der Waals surface area contributed by atoms with E-state index in [4.69, 9.17) is 22.1 Å². The molecule has 1 N–H and O–H groups in total. The minimum absolute atomic E-state index is 0.941. The molecule has 0 spiro atoms. The van der Waals surface area contributed by atoms with Crippen molar-refractivity contribution >= 4 is 27.6 Å². The standard InChI is InChI=1S/C14H11N.C13H10.C4H7NO/c1-11-4-6-14-10-12(3-2-8-15)5-7-13(14)9-11;1-3-11-5-7-12-8-10(2)4-6-13(12)9-11;1-4(2,6)3-5/h2-7,9-10H,1H3;1,4-9H,2H3;6H,1-2H3/b3-2+;;. The molecule has 3 heteroatoms. The van der Waals surface area contributed by atoms with Gasteiger partial charge in [0.2, 0.25) is 0 Å². The molecule has 0 aliphatic heterocycles. The molecule has 0 fully saturated rings. The number of aryl methyl sites for hydroxylation is 2. The van der Waals surface area contributed by atoms with Crippen molar-refractivity contribution in [1.82, 2.24) is 0 Å².